The summed E-state index contributed by atoms with van der Waals surface area (Å²) in [6.45, 7) is 3.36. The molecule has 2 aromatic rings. The van der Waals surface area contributed by atoms with Gasteiger partial charge in [-0.1, -0.05) is 6.07 Å². The van der Waals surface area contributed by atoms with Gasteiger partial charge in [0.15, 0.2) is 17.5 Å². The van der Waals surface area contributed by atoms with Gasteiger partial charge in [-0.15, -0.1) is 0 Å². The molecule has 0 aliphatic carbocycles. The first-order valence-corrected chi connectivity index (χ1v) is 9.09. The summed E-state index contributed by atoms with van der Waals surface area (Å²) in [6, 6.07) is 4.21. The van der Waals surface area contributed by atoms with Crippen molar-refractivity contribution < 1.29 is 13.5 Å². The smallest absolute Gasteiger partial charge is 0.159 e. The van der Waals surface area contributed by atoms with E-state index in [1.54, 1.807) is 13.2 Å². The molecule has 0 radical (unpaired) electrons. The van der Waals surface area contributed by atoms with Crippen molar-refractivity contribution in [3.05, 3.63) is 59.2 Å². The van der Waals surface area contributed by atoms with Crippen LogP contribution < -0.4 is 0 Å². The summed E-state index contributed by atoms with van der Waals surface area (Å²) < 4.78 is 31.4. The number of aryl methyl sites for hydroxylation is 1. The minimum absolute atomic E-state index is 0.427. The lowest BCUT2D eigenvalue weighted by Gasteiger charge is -2.32. The summed E-state index contributed by atoms with van der Waals surface area (Å²) in [5, 5.41) is 0. The maximum absolute atomic E-state index is 13.3. The van der Waals surface area contributed by atoms with Crippen LogP contribution in [0.2, 0.25) is 0 Å². The van der Waals surface area contributed by atoms with Crippen LogP contribution in [0.15, 0.2) is 30.6 Å². The lowest BCUT2D eigenvalue weighted by atomic mass is 9.91. The molecule has 1 fully saturated rings. The van der Waals surface area contributed by atoms with Crippen molar-refractivity contribution in [1.82, 2.24) is 14.9 Å². The van der Waals surface area contributed by atoms with E-state index < -0.39 is 11.6 Å². The molecule has 2 heterocycles. The fourth-order valence-electron chi connectivity index (χ4n) is 3.52. The molecule has 1 aromatic carbocycles. The number of methoxy groups -OCH3 is 1. The third-order valence-electron chi connectivity index (χ3n) is 4.87. The molecule has 4 nitrogen and oxygen atoms in total. The summed E-state index contributed by atoms with van der Waals surface area (Å²) in [4.78, 5) is 11.1. The van der Waals surface area contributed by atoms with Gasteiger partial charge in [-0.3, -0.25) is 4.90 Å². The number of aromatic nitrogens is 2. The first-order chi connectivity index (χ1) is 12.6. The first-order valence-electron chi connectivity index (χ1n) is 9.09. The number of ether oxygens (including phenoxy) is 1. The van der Waals surface area contributed by atoms with Crippen LogP contribution in [0.1, 0.15) is 36.2 Å². The second-order valence-electron chi connectivity index (χ2n) is 6.97. The standard InChI is InChI=1S/C20H25F2N3O/c1-26-14-20-23-10-17(11-24-20)13-25-8-2-3-16(12-25)5-4-15-6-7-18(21)19(22)9-15/h6-7,9-11,16H,2-5,8,12-14H2,1H3. The molecule has 1 aromatic heterocycles. The van der Waals surface area contributed by atoms with Gasteiger partial charge in [0.05, 0.1) is 0 Å². The van der Waals surface area contributed by atoms with E-state index in [1.807, 2.05) is 12.4 Å². The number of hydrogen-bond donors (Lipinski definition) is 0. The Bertz CT molecular complexity index is 709. The molecule has 6 heteroatoms. The summed E-state index contributed by atoms with van der Waals surface area (Å²) in [5.41, 5.74) is 1.97. The van der Waals surface area contributed by atoms with Crippen LogP contribution in [-0.4, -0.2) is 35.1 Å². The van der Waals surface area contributed by atoms with Gasteiger partial charge in [-0.25, -0.2) is 18.7 Å². The number of benzene rings is 1. The van der Waals surface area contributed by atoms with Crippen LogP contribution >= 0.6 is 0 Å². The summed E-state index contributed by atoms with van der Waals surface area (Å²) >= 11 is 0. The molecule has 1 saturated heterocycles. The van der Waals surface area contributed by atoms with Crippen molar-refractivity contribution in [2.45, 2.75) is 38.8 Å². The number of rotatable bonds is 7. The molecule has 1 atom stereocenters. The van der Waals surface area contributed by atoms with Crippen molar-refractivity contribution in [2.24, 2.45) is 5.92 Å². The van der Waals surface area contributed by atoms with E-state index in [-0.39, 0.29) is 0 Å². The topological polar surface area (TPSA) is 38.2 Å². The Morgan fingerprint density at radius 2 is 1.96 bits per heavy atom. The first kappa shape index (κ1) is 18.9. The van der Waals surface area contributed by atoms with E-state index in [9.17, 15) is 8.78 Å². The normalized spacial score (nSPS) is 18.2. The predicted molar refractivity (Wildman–Crippen MR) is 95.4 cm³/mol. The minimum Gasteiger partial charge on any atom is -0.377 e. The van der Waals surface area contributed by atoms with Gasteiger partial charge in [0.2, 0.25) is 0 Å². The molecule has 1 aliphatic heterocycles. The third-order valence-corrected chi connectivity index (χ3v) is 4.87. The number of nitrogens with zero attached hydrogens (tertiary/aromatic N) is 3. The van der Waals surface area contributed by atoms with Crippen LogP contribution in [0, 0.1) is 17.6 Å². The molecule has 26 heavy (non-hydrogen) atoms. The van der Waals surface area contributed by atoms with Gasteiger partial charge < -0.3 is 4.74 Å². The second-order valence-corrected chi connectivity index (χ2v) is 6.97. The zero-order valence-electron chi connectivity index (χ0n) is 15.1. The highest BCUT2D eigenvalue weighted by molar-refractivity contribution is 5.18. The fourth-order valence-corrected chi connectivity index (χ4v) is 3.52. The number of halogens is 2. The summed E-state index contributed by atoms with van der Waals surface area (Å²) in [7, 11) is 1.63. The second kappa shape index (κ2) is 9.14. The average molecular weight is 361 g/mol. The van der Waals surface area contributed by atoms with Gasteiger partial charge in [-0.05, 0) is 55.8 Å². The molecule has 3 rings (SSSR count). The molecular formula is C20H25F2N3O. The van der Waals surface area contributed by atoms with E-state index >= 15 is 0 Å². The van der Waals surface area contributed by atoms with Crippen molar-refractivity contribution >= 4 is 0 Å². The van der Waals surface area contributed by atoms with Crippen LogP contribution in [0.5, 0.6) is 0 Å². The molecule has 1 unspecified atom stereocenters. The largest absolute Gasteiger partial charge is 0.377 e. The van der Waals surface area contributed by atoms with Crippen LogP contribution in [0.25, 0.3) is 0 Å². The fraction of sp³-hybridized carbons (Fsp3) is 0.500. The van der Waals surface area contributed by atoms with Crippen molar-refractivity contribution in [3.8, 4) is 0 Å². The average Bonchev–Trinajstić information content (AvgIpc) is 2.65. The van der Waals surface area contributed by atoms with E-state index in [2.05, 4.69) is 14.9 Å². The molecule has 0 N–H and O–H groups in total. The van der Waals surface area contributed by atoms with Gasteiger partial charge in [0.25, 0.3) is 0 Å². The van der Waals surface area contributed by atoms with Gasteiger partial charge in [0, 0.05) is 38.2 Å². The maximum atomic E-state index is 13.3. The Balaban J connectivity index is 1.49. The van der Waals surface area contributed by atoms with E-state index in [0.717, 1.165) is 50.0 Å². The highest BCUT2D eigenvalue weighted by atomic mass is 19.2. The number of likely N-dealkylation sites (tertiary alicyclic amines) is 1. The number of hydrogen-bond acceptors (Lipinski definition) is 4. The van der Waals surface area contributed by atoms with Crippen LogP contribution in [-0.2, 0) is 24.3 Å². The monoisotopic (exact) mass is 361 g/mol. The Hall–Kier alpha value is -1.92. The van der Waals surface area contributed by atoms with Crippen molar-refractivity contribution in [3.63, 3.8) is 0 Å². The van der Waals surface area contributed by atoms with Gasteiger partial charge >= 0.3 is 0 Å². The van der Waals surface area contributed by atoms with Gasteiger partial charge in [0.1, 0.15) is 6.61 Å². The summed E-state index contributed by atoms with van der Waals surface area (Å²) in [5.74, 6) is -0.272. The van der Waals surface area contributed by atoms with Crippen molar-refractivity contribution in [1.29, 1.82) is 0 Å². The molecule has 0 amide bonds. The highest BCUT2D eigenvalue weighted by Gasteiger charge is 2.20. The molecule has 0 spiro atoms. The van der Waals surface area contributed by atoms with E-state index in [4.69, 9.17) is 4.74 Å². The lowest BCUT2D eigenvalue weighted by molar-refractivity contribution is 0.161. The molecule has 0 bridgehead atoms. The van der Waals surface area contributed by atoms with E-state index in [1.165, 1.54) is 18.6 Å². The molecular weight excluding hydrogens is 336 g/mol. The highest BCUT2D eigenvalue weighted by Crippen LogP contribution is 2.23. The van der Waals surface area contributed by atoms with Crippen LogP contribution in [0.4, 0.5) is 8.78 Å². The Kier molecular flexibility index (Phi) is 6.63. The Morgan fingerprint density at radius 3 is 2.69 bits per heavy atom. The van der Waals surface area contributed by atoms with E-state index in [0.29, 0.717) is 18.3 Å². The zero-order chi connectivity index (χ0) is 18.4. The summed E-state index contributed by atoms with van der Waals surface area (Å²) in [6.07, 6.45) is 7.85. The van der Waals surface area contributed by atoms with Crippen molar-refractivity contribution in [2.75, 3.05) is 20.2 Å². The third kappa shape index (κ3) is 5.29. The van der Waals surface area contributed by atoms with Crippen LogP contribution in [0.3, 0.4) is 0 Å². The molecule has 140 valence electrons. The quantitative estimate of drug-likeness (QED) is 0.753. The Morgan fingerprint density at radius 1 is 1.15 bits per heavy atom. The predicted octanol–water partition coefficient (Wildman–Crippen LogP) is 3.75. The molecule has 0 saturated carbocycles. The Labute approximate surface area is 153 Å². The SMILES string of the molecule is COCc1ncc(CN2CCCC(CCc3ccc(F)c(F)c3)C2)cn1. The molecule has 1 aliphatic rings. The zero-order valence-corrected chi connectivity index (χ0v) is 15.1. The number of piperidine rings is 1. The van der Waals surface area contributed by atoms with Gasteiger partial charge in [-0.2, -0.15) is 0 Å². The minimum atomic E-state index is -0.781. The maximum Gasteiger partial charge on any atom is 0.159 e. The lowest BCUT2D eigenvalue weighted by Crippen LogP contribution is -2.35.